The second-order valence-electron chi connectivity index (χ2n) is 6.72. The highest BCUT2D eigenvalue weighted by atomic mass is 19.1. The molecule has 0 fully saturated rings. The molecule has 3 aromatic rings. The van der Waals surface area contributed by atoms with Gasteiger partial charge in [0.2, 0.25) is 5.91 Å². The third-order valence-corrected chi connectivity index (χ3v) is 4.29. The number of hydrogen-bond donors (Lipinski definition) is 1. The summed E-state index contributed by atoms with van der Waals surface area (Å²) in [6, 6.07) is 9.61. The molecule has 2 aromatic carbocycles. The van der Waals surface area contributed by atoms with Crippen LogP contribution in [0, 0.1) is 11.6 Å². The fourth-order valence-corrected chi connectivity index (χ4v) is 2.94. The Morgan fingerprint density at radius 1 is 1.14 bits per heavy atom. The van der Waals surface area contributed by atoms with Crippen molar-refractivity contribution in [2.24, 2.45) is 5.73 Å². The number of halogens is 2. The minimum absolute atomic E-state index is 0.0732. The van der Waals surface area contributed by atoms with Crippen molar-refractivity contribution in [3.8, 4) is 17.1 Å². The van der Waals surface area contributed by atoms with Crippen LogP contribution in [0.5, 0.6) is 5.75 Å². The Morgan fingerprint density at radius 2 is 1.82 bits per heavy atom. The predicted molar refractivity (Wildman–Crippen MR) is 99.7 cm³/mol. The van der Waals surface area contributed by atoms with Crippen LogP contribution in [0.25, 0.3) is 11.4 Å². The van der Waals surface area contributed by atoms with Crippen LogP contribution in [0.1, 0.15) is 37.0 Å². The first kappa shape index (κ1) is 19.5. The van der Waals surface area contributed by atoms with Gasteiger partial charge in [-0.05, 0) is 63.2 Å². The molecule has 1 aromatic heterocycles. The van der Waals surface area contributed by atoms with Gasteiger partial charge >= 0.3 is 0 Å². The van der Waals surface area contributed by atoms with Crippen molar-refractivity contribution in [1.29, 1.82) is 0 Å². The van der Waals surface area contributed by atoms with Crippen LogP contribution in [0.2, 0.25) is 0 Å². The van der Waals surface area contributed by atoms with Gasteiger partial charge in [-0.15, -0.1) is 10.2 Å². The van der Waals surface area contributed by atoms with Crippen molar-refractivity contribution in [2.75, 3.05) is 0 Å². The largest absolute Gasteiger partial charge is 0.480 e. The summed E-state index contributed by atoms with van der Waals surface area (Å²) in [5.74, 6) is -0.441. The highest BCUT2D eigenvalue weighted by Gasteiger charge is 2.31. The van der Waals surface area contributed by atoms with E-state index in [0.717, 1.165) is 6.07 Å². The molecule has 0 saturated heterocycles. The number of rotatable bonds is 6. The number of nitrogens with zero attached hydrogens (tertiary/aromatic N) is 3. The van der Waals surface area contributed by atoms with E-state index >= 15 is 0 Å². The van der Waals surface area contributed by atoms with Crippen molar-refractivity contribution in [3.63, 3.8) is 0 Å². The van der Waals surface area contributed by atoms with Crippen LogP contribution in [0.15, 0.2) is 42.5 Å². The lowest BCUT2D eigenvalue weighted by atomic mass is 10.1. The molecule has 3 rings (SSSR count). The summed E-state index contributed by atoms with van der Waals surface area (Å²) >= 11 is 0. The van der Waals surface area contributed by atoms with Gasteiger partial charge in [-0.3, -0.25) is 4.79 Å². The molecule has 0 aliphatic carbocycles. The van der Waals surface area contributed by atoms with Crippen LogP contribution in [-0.2, 0) is 12.1 Å². The maximum absolute atomic E-state index is 14.5. The van der Waals surface area contributed by atoms with Gasteiger partial charge < -0.3 is 15.0 Å². The number of ether oxygens (including phenoxy) is 1. The topological polar surface area (TPSA) is 83.0 Å². The third kappa shape index (κ3) is 3.71. The maximum Gasteiger partial charge on any atom is 0.248 e. The van der Waals surface area contributed by atoms with Gasteiger partial charge in [-0.2, -0.15) is 0 Å². The molecular formula is C20H20F2N4O2. The number of benzene rings is 2. The SMILES string of the molecule is CCn1c(-c2ccc(C(N)=O)cc2F)nnc1C(C)(C)Oc1ccc(F)cc1. The highest BCUT2D eigenvalue weighted by molar-refractivity contribution is 5.93. The van der Waals surface area contributed by atoms with Gasteiger partial charge in [-0.1, -0.05) is 0 Å². The van der Waals surface area contributed by atoms with Gasteiger partial charge in [0.05, 0.1) is 5.56 Å². The van der Waals surface area contributed by atoms with Gasteiger partial charge in [0, 0.05) is 12.1 Å². The van der Waals surface area contributed by atoms with E-state index in [1.807, 2.05) is 6.92 Å². The predicted octanol–water partition coefficient (Wildman–Crippen LogP) is 3.66. The molecule has 0 radical (unpaired) electrons. The molecule has 0 atom stereocenters. The molecule has 1 heterocycles. The smallest absolute Gasteiger partial charge is 0.248 e. The van der Waals surface area contributed by atoms with Crippen LogP contribution < -0.4 is 10.5 Å². The van der Waals surface area contributed by atoms with Crippen LogP contribution in [0.3, 0.4) is 0 Å². The summed E-state index contributed by atoms with van der Waals surface area (Å²) in [7, 11) is 0. The number of aromatic nitrogens is 3. The Balaban J connectivity index is 1.99. The van der Waals surface area contributed by atoms with Gasteiger partial charge in [0.25, 0.3) is 0 Å². The molecule has 1 amide bonds. The zero-order valence-electron chi connectivity index (χ0n) is 15.7. The number of nitrogens with two attached hydrogens (primary N) is 1. The Hall–Kier alpha value is -3.29. The minimum Gasteiger partial charge on any atom is -0.480 e. The lowest BCUT2D eigenvalue weighted by Gasteiger charge is -2.26. The average molecular weight is 386 g/mol. The fraction of sp³-hybridized carbons (Fsp3) is 0.250. The second kappa shape index (κ2) is 7.38. The molecule has 0 aliphatic rings. The normalized spacial score (nSPS) is 11.5. The number of carbonyl (C=O) groups is 1. The Bertz CT molecular complexity index is 1010. The molecule has 0 aliphatic heterocycles. The molecule has 0 spiro atoms. The summed E-state index contributed by atoms with van der Waals surface area (Å²) in [5, 5.41) is 8.33. The summed E-state index contributed by atoms with van der Waals surface area (Å²) < 4.78 is 35.4. The van der Waals surface area contributed by atoms with Crippen LogP contribution >= 0.6 is 0 Å². The molecule has 8 heteroatoms. The van der Waals surface area contributed by atoms with Gasteiger partial charge in [0.15, 0.2) is 17.2 Å². The molecule has 146 valence electrons. The summed E-state index contributed by atoms with van der Waals surface area (Å²) in [6.45, 7) is 5.93. The molecule has 0 bridgehead atoms. The molecule has 6 nitrogen and oxygen atoms in total. The monoisotopic (exact) mass is 386 g/mol. The zero-order valence-corrected chi connectivity index (χ0v) is 15.7. The standard InChI is InChI=1S/C20H20F2N4O2/c1-4-26-18(15-10-5-12(17(23)27)11-16(15)22)24-25-19(26)20(2,3)28-14-8-6-13(21)7-9-14/h5-11H,4H2,1-3H3,(H2,23,27). The second-order valence-corrected chi connectivity index (χ2v) is 6.72. The van der Waals surface area contributed by atoms with E-state index in [1.165, 1.54) is 36.4 Å². The highest BCUT2D eigenvalue weighted by Crippen LogP contribution is 2.30. The van der Waals surface area contributed by atoms with E-state index in [1.54, 1.807) is 18.4 Å². The first-order chi connectivity index (χ1) is 13.2. The number of carbonyl (C=O) groups excluding carboxylic acids is 1. The van der Waals surface area contributed by atoms with E-state index in [9.17, 15) is 13.6 Å². The Labute approximate surface area is 161 Å². The maximum atomic E-state index is 14.5. The lowest BCUT2D eigenvalue weighted by molar-refractivity contribution is 0.0938. The summed E-state index contributed by atoms with van der Waals surface area (Å²) in [4.78, 5) is 11.2. The van der Waals surface area contributed by atoms with Crippen molar-refractivity contribution in [1.82, 2.24) is 14.8 Å². The molecule has 0 saturated carbocycles. The molecule has 2 N–H and O–H groups in total. The lowest BCUT2D eigenvalue weighted by Crippen LogP contribution is -2.29. The van der Waals surface area contributed by atoms with Crippen molar-refractivity contribution in [2.45, 2.75) is 32.9 Å². The zero-order chi connectivity index (χ0) is 20.5. The van der Waals surface area contributed by atoms with Crippen LogP contribution in [0.4, 0.5) is 8.78 Å². The van der Waals surface area contributed by atoms with Crippen molar-refractivity contribution >= 4 is 5.91 Å². The first-order valence-electron chi connectivity index (χ1n) is 8.71. The van der Waals surface area contributed by atoms with E-state index in [4.69, 9.17) is 10.5 Å². The third-order valence-electron chi connectivity index (χ3n) is 4.29. The Kier molecular flexibility index (Phi) is 5.13. The summed E-state index contributed by atoms with van der Waals surface area (Å²) in [5.41, 5.74) is 4.55. The molecule has 0 unspecified atom stereocenters. The fourth-order valence-electron chi connectivity index (χ4n) is 2.94. The van der Waals surface area contributed by atoms with Crippen LogP contribution in [-0.4, -0.2) is 20.7 Å². The number of hydrogen-bond acceptors (Lipinski definition) is 4. The van der Waals surface area contributed by atoms with Crippen molar-refractivity contribution in [3.05, 3.63) is 65.5 Å². The average Bonchev–Trinajstić information content (AvgIpc) is 3.08. The Morgan fingerprint density at radius 3 is 2.39 bits per heavy atom. The van der Waals surface area contributed by atoms with E-state index < -0.39 is 17.3 Å². The number of primary amides is 1. The first-order valence-corrected chi connectivity index (χ1v) is 8.71. The quantitative estimate of drug-likeness (QED) is 0.701. The molecule has 28 heavy (non-hydrogen) atoms. The van der Waals surface area contributed by atoms with E-state index in [2.05, 4.69) is 10.2 Å². The van der Waals surface area contributed by atoms with Crippen molar-refractivity contribution < 1.29 is 18.3 Å². The number of amides is 1. The van der Waals surface area contributed by atoms with Gasteiger partial charge in [0.1, 0.15) is 17.4 Å². The van der Waals surface area contributed by atoms with E-state index in [-0.39, 0.29) is 16.9 Å². The summed E-state index contributed by atoms with van der Waals surface area (Å²) in [6.07, 6.45) is 0. The van der Waals surface area contributed by atoms with E-state index in [0.29, 0.717) is 23.9 Å². The van der Waals surface area contributed by atoms with Gasteiger partial charge in [-0.25, -0.2) is 8.78 Å². The minimum atomic E-state index is -0.914. The molecular weight excluding hydrogens is 366 g/mol.